The SMILES string of the molecule is CCc1cnc(-c2nc(Cl)cc(Cl)n2)s1. The van der Waals surface area contributed by atoms with Gasteiger partial charge < -0.3 is 0 Å². The molecule has 6 heteroatoms. The number of hydrogen-bond donors (Lipinski definition) is 0. The summed E-state index contributed by atoms with van der Waals surface area (Å²) in [5, 5.41) is 1.41. The van der Waals surface area contributed by atoms with Crippen molar-refractivity contribution >= 4 is 34.5 Å². The molecule has 78 valence electrons. The number of nitrogens with zero attached hydrogens (tertiary/aromatic N) is 3. The largest absolute Gasteiger partial charge is 0.241 e. The molecule has 0 N–H and O–H groups in total. The molecule has 2 heterocycles. The Hall–Kier alpha value is -0.710. The van der Waals surface area contributed by atoms with Gasteiger partial charge in [0.15, 0.2) is 10.8 Å². The maximum atomic E-state index is 5.78. The highest BCUT2D eigenvalue weighted by Crippen LogP contribution is 2.24. The van der Waals surface area contributed by atoms with Crippen molar-refractivity contribution in [2.75, 3.05) is 0 Å². The molecular formula is C9H7Cl2N3S. The average molecular weight is 260 g/mol. The van der Waals surface area contributed by atoms with Crippen LogP contribution >= 0.6 is 34.5 Å². The van der Waals surface area contributed by atoms with Gasteiger partial charge >= 0.3 is 0 Å². The zero-order valence-corrected chi connectivity index (χ0v) is 10.2. The maximum Gasteiger partial charge on any atom is 0.191 e. The number of halogens is 2. The van der Waals surface area contributed by atoms with Crippen LogP contribution in [0.25, 0.3) is 10.8 Å². The molecule has 0 bridgehead atoms. The minimum Gasteiger partial charge on any atom is -0.241 e. The van der Waals surface area contributed by atoms with E-state index in [4.69, 9.17) is 23.2 Å². The van der Waals surface area contributed by atoms with Crippen molar-refractivity contribution in [2.45, 2.75) is 13.3 Å². The first kappa shape index (κ1) is 10.8. The molecule has 0 saturated heterocycles. The fourth-order valence-corrected chi connectivity index (χ4v) is 2.27. The van der Waals surface area contributed by atoms with Crippen molar-refractivity contribution < 1.29 is 0 Å². The topological polar surface area (TPSA) is 38.7 Å². The van der Waals surface area contributed by atoms with Crippen molar-refractivity contribution in [1.29, 1.82) is 0 Å². The van der Waals surface area contributed by atoms with Crippen molar-refractivity contribution in [3.8, 4) is 10.8 Å². The Morgan fingerprint density at radius 3 is 2.47 bits per heavy atom. The molecule has 0 spiro atoms. The third-order valence-corrected chi connectivity index (χ3v) is 3.28. The van der Waals surface area contributed by atoms with Gasteiger partial charge in [-0.05, 0) is 6.42 Å². The van der Waals surface area contributed by atoms with Gasteiger partial charge in [0.25, 0.3) is 0 Å². The first-order valence-electron chi connectivity index (χ1n) is 4.34. The van der Waals surface area contributed by atoms with Crippen molar-refractivity contribution in [3.05, 3.63) is 27.4 Å². The predicted octanol–water partition coefficient (Wildman–Crippen LogP) is 3.47. The monoisotopic (exact) mass is 259 g/mol. The fourth-order valence-electron chi connectivity index (χ4n) is 1.06. The summed E-state index contributed by atoms with van der Waals surface area (Å²) in [4.78, 5) is 13.5. The van der Waals surface area contributed by atoms with E-state index in [9.17, 15) is 0 Å². The van der Waals surface area contributed by atoms with E-state index in [1.54, 1.807) is 11.3 Å². The van der Waals surface area contributed by atoms with Crippen LogP contribution in [0.2, 0.25) is 10.3 Å². The van der Waals surface area contributed by atoms with Crippen LogP contribution in [-0.4, -0.2) is 15.0 Å². The lowest BCUT2D eigenvalue weighted by Gasteiger charge is -1.96. The highest BCUT2D eigenvalue weighted by molar-refractivity contribution is 7.14. The van der Waals surface area contributed by atoms with Crippen LogP contribution in [0.4, 0.5) is 0 Å². The van der Waals surface area contributed by atoms with Crippen LogP contribution in [0, 0.1) is 0 Å². The molecule has 0 aliphatic rings. The van der Waals surface area contributed by atoms with E-state index in [-0.39, 0.29) is 0 Å². The second-order valence-electron chi connectivity index (χ2n) is 2.82. The normalized spacial score (nSPS) is 10.6. The van der Waals surface area contributed by atoms with Crippen molar-refractivity contribution in [3.63, 3.8) is 0 Å². The number of rotatable bonds is 2. The quantitative estimate of drug-likeness (QED) is 0.776. The molecule has 0 aliphatic heterocycles. The molecule has 0 radical (unpaired) electrons. The zero-order chi connectivity index (χ0) is 10.8. The summed E-state index contributed by atoms with van der Waals surface area (Å²) in [7, 11) is 0. The number of aromatic nitrogens is 3. The first-order chi connectivity index (χ1) is 7.19. The summed E-state index contributed by atoms with van der Waals surface area (Å²) in [6.45, 7) is 2.07. The molecule has 3 nitrogen and oxygen atoms in total. The molecule has 0 amide bonds. The summed E-state index contributed by atoms with van der Waals surface area (Å²) >= 11 is 13.1. The summed E-state index contributed by atoms with van der Waals surface area (Å²) in [5.74, 6) is 0.484. The van der Waals surface area contributed by atoms with Crippen LogP contribution in [-0.2, 0) is 6.42 Å². The molecule has 0 saturated carbocycles. The summed E-state index contributed by atoms with van der Waals surface area (Å²) in [6, 6.07) is 1.50. The highest BCUT2D eigenvalue weighted by Gasteiger charge is 2.08. The summed E-state index contributed by atoms with van der Waals surface area (Å²) < 4.78 is 0. The lowest BCUT2D eigenvalue weighted by Crippen LogP contribution is -1.88. The summed E-state index contributed by atoms with van der Waals surface area (Å²) in [6.07, 6.45) is 2.77. The lowest BCUT2D eigenvalue weighted by atomic mass is 10.4. The third-order valence-electron chi connectivity index (χ3n) is 1.76. The number of aryl methyl sites for hydroxylation is 1. The van der Waals surface area contributed by atoms with Gasteiger partial charge in [0.2, 0.25) is 0 Å². The van der Waals surface area contributed by atoms with Crippen LogP contribution < -0.4 is 0 Å². The Kier molecular flexibility index (Phi) is 3.19. The van der Waals surface area contributed by atoms with Crippen LogP contribution in [0.1, 0.15) is 11.8 Å². The first-order valence-corrected chi connectivity index (χ1v) is 5.91. The standard InChI is InChI=1S/C9H7Cl2N3S/c1-2-5-4-12-9(15-5)8-13-6(10)3-7(11)14-8/h3-4H,2H2,1H3. The smallest absolute Gasteiger partial charge is 0.191 e. The van der Waals surface area contributed by atoms with Gasteiger partial charge in [-0.1, -0.05) is 30.1 Å². The molecular weight excluding hydrogens is 253 g/mol. The summed E-state index contributed by atoms with van der Waals surface area (Å²) in [5.41, 5.74) is 0. The Labute approximate surface area is 101 Å². The van der Waals surface area contributed by atoms with Gasteiger partial charge in [-0.2, -0.15) is 0 Å². The predicted molar refractivity (Wildman–Crippen MR) is 62.5 cm³/mol. The van der Waals surface area contributed by atoms with E-state index in [0.717, 1.165) is 11.4 Å². The molecule has 2 rings (SSSR count). The van der Waals surface area contributed by atoms with Crippen molar-refractivity contribution in [2.24, 2.45) is 0 Å². The van der Waals surface area contributed by atoms with Gasteiger partial charge in [0.05, 0.1) is 0 Å². The second kappa shape index (κ2) is 4.43. The highest BCUT2D eigenvalue weighted by atomic mass is 35.5. The minimum absolute atomic E-state index is 0.332. The third kappa shape index (κ3) is 2.45. The van der Waals surface area contributed by atoms with E-state index < -0.39 is 0 Å². The van der Waals surface area contributed by atoms with Crippen LogP contribution in [0.3, 0.4) is 0 Å². The Bertz CT molecular complexity index is 464. The molecule has 0 aliphatic carbocycles. The fraction of sp³-hybridized carbons (Fsp3) is 0.222. The number of thiazole rings is 1. The van der Waals surface area contributed by atoms with Gasteiger partial charge in [0.1, 0.15) is 10.3 Å². The molecule has 0 aromatic carbocycles. The Balaban J connectivity index is 2.44. The second-order valence-corrected chi connectivity index (χ2v) is 4.71. The lowest BCUT2D eigenvalue weighted by molar-refractivity contribution is 1.15. The van der Waals surface area contributed by atoms with Gasteiger partial charge in [-0.15, -0.1) is 11.3 Å². The molecule has 0 unspecified atom stereocenters. The molecule has 0 fully saturated rings. The van der Waals surface area contributed by atoms with Gasteiger partial charge in [-0.3, -0.25) is 0 Å². The van der Waals surface area contributed by atoms with E-state index in [2.05, 4.69) is 21.9 Å². The van der Waals surface area contributed by atoms with E-state index >= 15 is 0 Å². The van der Waals surface area contributed by atoms with Gasteiger partial charge in [-0.25, -0.2) is 15.0 Å². The van der Waals surface area contributed by atoms with Crippen molar-refractivity contribution in [1.82, 2.24) is 15.0 Å². The van der Waals surface area contributed by atoms with Gasteiger partial charge in [0, 0.05) is 17.1 Å². The molecule has 15 heavy (non-hydrogen) atoms. The maximum absolute atomic E-state index is 5.78. The van der Waals surface area contributed by atoms with Crippen LogP contribution in [0.15, 0.2) is 12.3 Å². The van der Waals surface area contributed by atoms with E-state index in [1.807, 2.05) is 6.20 Å². The van der Waals surface area contributed by atoms with Crippen LogP contribution in [0.5, 0.6) is 0 Å². The molecule has 2 aromatic rings. The Morgan fingerprint density at radius 2 is 1.93 bits per heavy atom. The minimum atomic E-state index is 0.332. The average Bonchev–Trinajstić information content (AvgIpc) is 2.64. The van der Waals surface area contributed by atoms with E-state index in [0.29, 0.717) is 16.1 Å². The molecule has 0 atom stereocenters. The van der Waals surface area contributed by atoms with E-state index in [1.165, 1.54) is 10.9 Å². The Morgan fingerprint density at radius 1 is 1.27 bits per heavy atom. The number of hydrogen-bond acceptors (Lipinski definition) is 4. The molecule has 2 aromatic heterocycles. The zero-order valence-electron chi connectivity index (χ0n) is 7.87.